The zero-order chi connectivity index (χ0) is 12.8. The van der Waals surface area contributed by atoms with Gasteiger partial charge in [0.1, 0.15) is 23.0 Å². The Morgan fingerprint density at radius 2 is 1.17 bits per heavy atom. The van der Waals surface area contributed by atoms with Crippen molar-refractivity contribution in [2.45, 2.75) is 6.92 Å². The van der Waals surface area contributed by atoms with Gasteiger partial charge in [-0.1, -0.05) is 0 Å². The minimum Gasteiger partial charge on any atom is -0.497 e. The Morgan fingerprint density at radius 3 is 1.61 bits per heavy atom. The molecule has 2 rings (SSSR count). The first-order valence-corrected chi connectivity index (χ1v) is 5.86. The second-order valence-corrected chi connectivity index (χ2v) is 3.68. The number of hydrogen-bond acceptors (Lipinski definition) is 3. The molecule has 3 heteroatoms. The molecule has 0 atom stereocenters. The molecule has 2 aromatic carbocycles. The molecular weight excluding hydrogens is 228 g/mol. The van der Waals surface area contributed by atoms with E-state index in [1.165, 1.54) is 0 Å². The Bertz CT molecular complexity index is 474. The van der Waals surface area contributed by atoms with Gasteiger partial charge in [-0.3, -0.25) is 0 Å². The molecule has 0 saturated heterocycles. The van der Waals surface area contributed by atoms with Crippen LogP contribution < -0.4 is 14.2 Å². The summed E-state index contributed by atoms with van der Waals surface area (Å²) in [6.07, 6.45) is 0. The molecule has 0 bridgehead atoms. The molecule has 0 fully saturated rings. The number of methoxy groups -OCH3 is 1. The Hall–Kier alpha value is -2.16. The zero-order valence-corrected chi connectivity index (χ0v) is 10.6. The van der Waals surface area contributed by atoms with Crippen molar-refractivity contribution in [3.8, 4) is 23.0 Å². The van der Waals surface area contributed by atoms with Crippen LogP contribution >= 0.6 is 0 Å². The highest BCUT2D eigenvalue weighted by atomic mass is 16.5. The summed E-state index contributed by atoms with van der Waals surface area (Å²) >= 11 is 0. The number of ether oxygens (including phenoxy) is 3. The molecule has 0 saturated carbocycles. The van der Waals surface area contributed by atoms with Gasteiger partial charge >= 0.3 is 0 Å². The molecule has 0 heterocycles. The summed E-state index contributed by atoms with van der Waals surface area (Å²) < 4.78 is 16.2. The van der Waals surface area contributed by atoms with E-state index in [9.17, 15) is 0 Å². The standard InChI is InChI=1S/C15H16O3/c1-3-17-13-6-10-15(11-7-13)18-14-8-4-12(16-2)5-9-14/h4-11H,3H2,1-2H3. The van der Waals surface area contributed by atoms with Crippen molar-refractivity contribution in [2.24, 2.45) is 0 Å². The molecule has 0 aliphatic carbocycles. The monoisotopic (exact) mass is 244 g/mol. The minimum absolute atomic E-state index is 0.665. The van der Waals surface area contributed by atoms with E-state index in [0.717, 1.165) is 23.0 Å². The lowest BCUT2D eigenvalue weighted by molar-refractivity contribution is 0.339. The van der Waals surface area contributed by atoms with E-state index in [0.29, 0.717) is 6.61 Å². The van der Waals surface area contributed by atoms with Crippen LogP contribution in [0.3, 0.4) is 0 Å². The summed E-state index contributed by atoms with van der Waals surface area (Å²) in [4.78, 5) is 0. The molecule has 0 aliphatic rings. The van der Waals surface area contributed by atoms with E-state index in [4.69, 9.17) is 14.2 Å². The lowest BCUT2D eigenvalue weighted by Crippen LogP contribution is -1.91. The van der Waals surface area contributed by atoms with Gasteiger partial charge in [0.25, 0.3) is 0 Å². The lowest BCUT2D eigenvalue weighted by Gasteiger charge is -2.07. The lowest BCUT2D eigenvalue weighted by atomic mass is 10.3. The normalized spacial score (nSPS) is 9.89. The molecule has 0 N–H and O–H groups in total. The predicted octanol–water partition coefficient (Wildman–Crippen LogP) is 3.89. The van der Waals surface area contributed by atoms with Crippen LogP contribution in [0.15, 0.2) is 48.5 Å². The summed E-state index contributed by atoms with van der Waals surface area (Å²) in [6, 6.07) is 15.0. The quantitative estimate of drug-likeness (QED) is 0.798. The fourth-order valence-electron chi connectivity index (χ4n) is 1.55. The van der Waals surface area contributed by atoms with Crippen LogP contribution in [0.5, 0.6) is 23.0 Å². The molecule has 0 radical (unpaired) electrons. The second kappa shape index (κ2) is 5.96. The highest BCUT2D eigenvalue weighted by molar-refractivity contribution is 5.37. The van der Waals surface area contributed by atoms with Crippen LogP contribution in [-0.4, -0.2) is 13.7 Å². The smallest absolute Gasteiger partial charge is 0.127 e. The fourth-order valence-corrected chi connectivity index (χ4v) is 1.55. The minimum atomic E-state index is 0.665. The van der Waals surface area contributed by atoms with Gasteiger partial charge in [0.15, 0.2) is 0 Å². The van der Waals surface area contributed by atoms with E-state index in [-0.39, 0.29) is 0 Å². The molecule has 0 aromatic heterocycles. The predicted molar refractivity (Wildman–Crippen MR) is 70.7 cm³/mol. The number of benzene rings is 2. The van der Waals surface area contributed by atoms with Gasteiger partial charge in [0.05, 0.1) is 13.7 Å². The molecule has 0 spiro atoms. The van der Waals surface area contributed by atoms with Crippen LogP contribution in [0.2, 0.25) is 0 Å². The SMILES string of the molecule is CCOc1ccc(Oc2ccc(OC)cc2)cc1. The highest BCUT2D eigenvalue weighted by Crippen LogP contribution is 2.25. The fraction of sp³-hybridized carbons (Fsp3) is 0.200. The second-order valence-electron chi connectivity index (χ2n) is 3.68. The summed E-state index contributed by atoms with van der Waals surface area (Å²) in [6.45, 7) is 2.63. The van der Waals surface area contributed by atoms with Crippen molar-refractivity contribution < 1.29 is 14.2 Å². The Balaban J connectivity index is 2.03. The van der Waals surface area contributed by atoms with Crippen molar-refractivity contribution in [2.75, 3.05) is 13.7 Å². The molecule has 0 aliphatic heterocycles. The topological polar surface area (TPSA) is 27.7 Å². The van der Waals surface area contributed by atoms with Gasteiger partial charge in [-0.2, -0.15) is 0 Å². The number of hydrogen-bond donors (Lipinski definition) is 0. The summed E-state index contributed by atoms with van der Waals surface area (Å²) in [5, 5.41) is 0. The first-order valence-electron chi connectivity index (χ1n) is 5.86. The number of rotatable bonds is 5. The third-order valence-corrected chi connectivity index (χ3v) is 2.43. The maximum absolute atomic E-state index is 5.70. The van der Waals surface area contributed by atoms with Crippen LogP contribution in [0.25, 0.3) is 0 Å². The first-order chi connectivity index (χ1) is 8.81. The summed E-state index contributed by atoms with van der Waals surface area (Å²) in [5.41, 5.74) is 0. The molecule has 0 amide bonds. The Morgan fingerprint density at radius 1 is 0.722 bits per heavy atom. The van der Waals surface area contributed by atoms with Gasteiger partial charge in [0.2, 0.25) is 0 Å². The van der Waals surface area contributed by atoms with E-state index in [2.05, 4.69) is 0 Å². The van der Waals surface area contributed by atoms with Crippen LogP contribution in [-0.2, 0) is 0 Å². The van der Waals surface area contributed by atoms with Gasteiger partial charge in [0, 0.05) is 0 Å². The van der Waals surface area contributed by atoms with Crippen molar-refractivity contribution in [1.29, 1.82) is 0 Å². The Kier molecular flexibility index (Phi) is 4.07. The molecule has 18 heavy (non-hydrogen) atoms. The van der Waals surface area contributed by atoms with Crippen LogP contribution in [0, 0.1) is 0 Å². The van der Waals surface area contributed by atoms with Crippen molar-refractivity contribution in [3.63, 3.8) is 0 Å². The van der Waals surface area contributed by atoms with E-state index >= 15 is 0 Å². The van der Waals surface area contributed by atoms with Gasteiger partial charge < -0.3 is 14.2 Å². The van der Waals surface area contributed by atoms with E-state index in [1.54, 1.807) is 7.11 Å². The van der Waals surface area contributed by atoms with Crippen molar-refractivity contribution >= 4 is 0 Å². The average Bonchev–Trinajstić information content (AvgIpc) is 2.42. The summed E-state index contributed by atoms with van der Waals surface area (Å²) in [7, 11) is 1.64. The maximum atomic E-state index is 5.70. The summed E-state index contributed by atoms with van der Waals surface area (Å²) in [5.74, 6) is 3.22. The first kappa shape index (κ1) is 12.3. The molecule has 3 nitrogen and oxygen atoms in total. The molecule has 2 aromatic rings. The molecular formula is C15H16O3. The van der Waals surface area contributed by atoms with Gasteiger partial charge in [-0.15, -0.1) is 0 Å². The highest BCUT2D eigenvalue weighted by Gasteiger charge is 1.99. The van der Waals surface area contributed by atoms with Crippen molar-refractivity contribution in [3.05, 3.63) is 48.5 Å². The van der Waals surface area contributed by atoms with Crippen LogP contribution in [0.1, 0.15) is 6.92 Å². The third kappa shape index (κ3) is 3.17. The van der Waals surface area contributed by atoms with Gasteiger partial charge in [-0.05, 0) is 55.5 Å². The molecule has 0 unspecified atom stereocenters. The van der Waals surface area contributed by atoms with Crippen LogP contribution in [0.4, 0.5) is 0 Å². The third-order valence-electron chi connectivity index (χ3n) is 2.43. The molecule has 94 valence electrons. The average molecular weight is 244 g/mol. The Labute approximate surface area is 107 Å². The van der Waals surface area contributed by atoms with E-state index < -0.39 is 0 Å². The zero-order valence-electron chi connectivity index (χ0n) is 10.6. The van der Waals surface area contributed by atoms with Gasteiger partial charge in [-0.25, -0.2) is 0 Å². The largest absolute Gasteiger partial charge is 0.497 e. The maximum Gasteiger partial charge on any atom is 0.127 e. The van der Waals surface area contributed by atoms with E-state index in [1.807, 2.05) is 55.5 Å². The van der Waals surface area contributed by atoms with Crippen molar-refractivity contribution in [1.82, 2.24) is 0 Å².